The summed E-state index contributed by atoms with van der Waals surface area (Å²) in [6.45, 7) is 4.86. The third kappa shape index (κ3) is 11.4. The molecule has 0 spiro atoms. The molecule has 1 amide bonds. The number of ketones is 1. The van der Waals surface area contributed by atoms with E-state index in [-0.39, 0.29) is 30.2 Å². The minimum Gasteiger partial charge on any atom is -0.453 e. The van der Waals surface area contributed by atoms with Crippen LogP contribution in [0.3, 0.4) is 0 Å². The van der Waals surface area contributed by atoms with E-state index in [1.807, 2.05) is 13.0 Å². The summed E-state index contributed by atoms with van der Waals surface area (Å²) >= 11 is 4.16. The molecular formula is C25H33NO7S2. The number of carbonyl (C=O) groups is 2. The number of rotatable bonds is 10. The quantitative estimate of drug-likeness (QED) is 0.114. The van der Waals surface area contributed by atoms with Gasteiger partial charge in [-0.15, -0.1) is 17.6 Å². The number of alkyl carbamates (subject to hydrolysis) is 1. The third-order valence-electron chi connectivity index (χ3n) is 4.80. The highest BCUT2D eigenvalue weighted by molar-refractivity contribution is 8.68. The minimum atomic E-state index is -1.03. The summed E-state index contributed by atoms with van der Waals surface area (Å²) in [7, 11) is 2.44. The Morgan fingerprint density at radius 1 is 1.31 bits per heavy atom. The van der Waals surface area contributed by atoms with Crippen LogP contribution in [-0.4, -0.2) is 66.2 Å². The van der Waals surface area contributed by atoms with Crippen molar-refractivity contribution in [3.8, 4) is 23.7 Å². The van der Waals surface area contributed by atoms with Gasteiger partial charge in [-0.25, -0.2) is 4.79 Å². The lowest BCUT2D eigenvalue weighted by Crippen LogP contribution is -2.39. The number of nitrogens with one attached hydrogen (secondary N) is 1. The molecule has 1 saturated heterocycles. The zero-order valence-corrected chi connectivity index (χ0v) is 22.1. The second kappa shape index (κ2) is 17.3. The van der Waals surface area contributed by atoms with E-state index in [1.54, 1.807) is 19.9 Å². The monoisotopic (exact) mass is 523 g/mol. The lowest BCUT2D eigenvalue weighted by molar-refractivity contribution is -0.216. The predicted molar refractivity (Wildman–Crippen MR) is 139 cm³/mol. The molecule has 1 aliphatic heterocycles. The fourth-order valence-corrected chi connectivity index (χ4v) is 3.80. The maximum absolute atomic E-state index is 13.0. The Labute approximate surface area is 216 Å². The molecule has 1 aliphatic rings. The van der Waals surface area contributed by atoms with Crippen molar-refractivity contribution in [1.29, 1.82) is 0 Å². The van der Waals surface area contributed by atoms with Crippen molar-refractivity contribution in [2.75, 3.05) is 19.5 Å². The van der Waals surface area contributed by atoms with Gasteiger partial charge in [0.05, 0.1) is 31.6 Å². The zero-order valence-electron chi connectivity index (χ0n) is 20.4. The van der Waals surface area contributed by atoms with Crippen LogP contribution < -0.4 is 5.32 Å². The molecule has 35 heavy (non-hydrogen) atoms. The Kier molecular flexibility index (Phi) is 15.2. The van der Waals surface area contributed by atoms with E-state index in [1.165, 1.54) is 24.0 Å². The number of ether oxygens (including phenoxy) is 3. The van der Waals surface area contributed by atoms with Crippen molar-refractivity contribution in [2.45, 2.75) is 64.6 Å². The van der Waals surface area contributed by atoms with Crippen molar-refractivity contribution in [3.63, 3.8) is 0 Å². The van der Waals surface area contributed by atoms with Crippen LogP contribution in [0.25, 0.3) is 0 Å². The van der Waals surface area contributed by atoms with E-state index >= 15 is 0 Å². The second-order valence-corrected chi connectivity index (χ2v) is 8.89. The minimum absolute atomic E-state index is 0.107. The summed E-state index contributed by atoms with van der Waals surface area (Å²) < 4.78 is 16.7. The first-order chi connectivity index (χ1) is 16.8. The third-order valence-corrected chi connectivity index (χ3v) is 5.56. The van der Waals surface area contributed by atoms with E-state index in [2.05, 4.69) is 40.7 Å². The highest BCUT2D eigenvalue weighted by Crippen LogP contribution is 2.27. The standard InChI is InChI=1S/C25H33NO7S2/c1-5-6-7-8-9-10-21(33-22-16-19(28)15-18(3)32-22)23(17(2)12-14-35-34)24(20(29)11-13-27)26-25(30)31-4/h7-8,12,18-19,21-22,27-28,34H,11,13-16H2,1-4H3,(H,26,30)/b8-7-,17-12-,24-23-/t18?,19?,21-,22?/m0/s1. The SMILES string of the molecule is CC#C/C=C\C#C[C@H](OC1CC(O)CC(C)O1)C(/C(C)=C\CSS)=C(\NC(=O)OC)C(=O)CCO. The number of methoxy groups -OCH3 is 1. The molecule has 0 radical (unpaired) electrons. The summed E-state index contributed by atoms with van der Waals surface area (Å²) in [6.07, 6.45) is 1.81. The number of Topliss-reactive ketones (excluding diaryl/α,β-unsaturated/α-hetero) is 1. The van der Waals surface area contributed by atoms with Crippen LogP contribution in [0.1, 0.15) is 40.0 Å². The van der Waals surface area contributed by atoms with Gasteiger partial charge in [0.2, 0.25) is 0 Å². The Morgan fingerprint density at radius 2 is 2.03 bits per heavy atom. The van der Waals surface area contributed by atoms with Gasteiger partial charge < -0.3 is 24.4 Å². The van der Waals surface area contributed by atoms with Gasteiger partial charge in [0.1, 0.15) is 6.10 Å². The first kappa shape index (κ1) is 30.9. The largest absolute Gasteiger partial charge is 0.453 e. The van der Waals surface area contributed by atoms with Gasteiger partial charge in [0.25, 0.3) is 0 Å². The maximum atomic E-state index is 13.0. The van der Waals surface area contributed by atoms with Gasteiger partial charge in [-0.1, -0.05) is 34.6 Å². The molecule has 192 valence electrons. The van der Waals surface area contributed by atoms with Gasteiger partial charge in [0, 0.05) is 24.2 Å². The molecule has 0 saturated carbocycles. The summed E-state index contributed by atoms with van der Waals surface area (Å²) in [5.74, 6) is 11.3. The molecule has 1 rings (SSSR count). The first-order valence-corrected chi connectivity index (χ1v) is 13.0. The number of thiol groups is 1. The lowest BCUT2D eigenvalue weighted by Gasteiger charge is -2.33. The summed E-state index contributed by atoms with van der Waals surface area (Å²) in [6, 6.07) is 0. The zero-order chi connectivity index (χ0) is 26.2. The molecule has 8 nitrogen and oxygen atoms in total. The maximum Gasteiger partial charge on any atom is 0.411 e. The van der Waals surface area contributed by atoms with Gasteiger partial charge in [0.15, 0.2) is 12.1 Å². The average Bonchev–Trinajstić information content (AvgIpc) is 2.81. The van der Waals surface area contributed by atoms with Crippen molar-refractivity contribution in [2.24, 2.45) is 0 Å². The molecular weight excluding hydrogens is 490 g/mol. The fourth-order valence-electron chi connectivity index (χ4n) is 3.25. The molecule has 1 heterocycles. The van der Waals surface area contributed by atoms with Crippen LogP contribution in [0.5, 0.6) is 0 Å². The highest BCUT2D eigenvalue weighted by Gasteiger charge is 2.32. The van der Waals surface area contributed by atoms with Gasteiger partial charge >= 0.3 is 6.09 Å². The number of aliphatic hydroxyl groups is 2. The van der Waals surface area contributed by atoms with E-state index in [0.717, 1.165) is 0 Å². The van der Waals surface area contributed by atoms with Crippen LogP contribution in [-0.2, 0) is 19.0 Å². The average molecular weight is 524 g/mol. The lowest BCUT2D eigenvalue weighted by atomic mass is 9.95. The van der Waals surface area contributed by atoms with E-state index in [4.69, 9.17) is 14.2 Å². The predicted octanol–water partition coefficient (Wildman–Crippen LogP) is 2.93. The molecule has 10 heteroatoms. The summed E-state index contributed by atoms with van der Waals surface area (Å²) in [4.78, 5) is 25.1. The second-order valence-electron chi connectivity index (χ2n) is 7.52. The Hall–Kier alpha value is -2.18. The normalized spacial score (nSPS) is 21.7. The van der Waals surface area contributed by atoms with Crippen molar-refractivity contribution in [3.05, 3.63) is 35.1 Å². The van der Waals surface area contributed by atoms with Crippen LogP contribution in [0.2, 0.25) is 0 Å². The smallest absolute Gasteiger partial charge is 0.411 e. The van der Waals surface area contributed by atoms with Crippen molar-refractivity contribution < 1.29 is 34.0 Å². The van der Waals surface area contributed by atoms with Crippen LogP contribution in [0.4, 0.5) is 4.79 Å². The Balaban J connectivity index is 3.70. The molecule has 4 atom stereocenters. The first-order valence-electron chi connectivity index (χ1n) is 11.0. The fraction of sp³-hybridized carbons (Fsp3) is 0.520. The molecule has 0 aromatic carbocycles. The number of allylic oxidation sites excluding steroid dienone is 3. The molecule has 0 aliphatic carbocycles. The van der Waals surface area contributed by atoms with Gasteiger partial charge in [-0.3, -0.25) is 10.1 Å². The Bertz CT molecular complexity index is 927. The van der Waals surface area contributed by atoms with E-state index in [9.17, 15) is 19.8 Å². The number of hydrogen-bond donors (Lipinski definition) is 4. The van der Waals surface area contributed by atoms with E-state index in [0.29, 0.717) is 17.7 Å². The van der Waals surface area contributed by atoms with Crippen LogP contribution >= 0.6 is 22.5 Å². The van der Waals surface area contributed by atoms with Crippen LogP contribution in [0, 0.1) is 23.7 Å². The number of aliphatic hydroxyl groups excluding tert-OH is 2. The Morgan fingerprint density at radius 3 is 2.63 bits per heavy atom. The highest BCUT2D eigenvalue weighted by atomic mass is 33.1. The number of hydrogen-bond acceptors (Lipinski definition) is 9. The van der Waals surface area contributed by atoms with Crippen molar-refractivity contribution >= 4 is 34.3 Å². The molecule has 1 fully saturated rings. The van der Waals surface area contributed by atoms with E-state index < -0.39 is 37.0 Å². The molecule has 3 unspecified atom stereocenters. The molecule has 0 bridgehead atoms. The topological polar surface area (TPSA) is 114 Å². The molecule has 0 aromatic heterocycles. The van der Waals surface area contributed by atoms with Gasteiger partial charge in [-0.2, -0.15) is 0 Å². The summed E-state index contributed by atoms with van der Waals surface area (Å²) in [5.41, 5.74) is 0.783. The van der Waals surface area contributed by atoms with Gasteiger partial charge in [-0.05, 0) is 44.9 Å². The van der Waals surface area contributed by atoms with Crippen molar-refractivity contribution in [1.82, 2.24) is 5.32 Å². The number of amides is 1. The molecule has 0 aromatic rings. The number of carbonyl (C=O) groups excluding carboxylic acids is 2. The summed E-state index contributed by atoms with van der Waals surface area (Å²) in [5, 5.41) is 22.0. The van der Waals surface area contributed by atoms with Crippen LogP contribution in [0.15, 0.2) is 35.1 Å². The molecule has 3 N–H and O–H groups in total.